The summed E-state index contributed by atoms with van der Waals surface area (Å²) >= 11 is 0. The van der Waals surface area contributed by atoms with Gasteiger partial charge in [0.2, 0.25) is 5.91 Å². The standard InChI is InChI=1S/C17H27N5O2/c1-4-5-6-15(23)20-13-11-14(17(24)21(2)3)16(19-12-13)22-9-7-18-8-10-22/h11-12,18H,4-10H2,1-3H3,(H,20,23). The summed E-state index contributed by atoms with van der Waals surface area (Å²) in [4.78, 5) is 32.6. The van der Waals surface area contributed by atoms with Crippen LogP contribution >= 0.6 is 0 Å². The normalized spacial score (nSPS) is 14.4. The molecular formula is C17H27N5O2. The molecule has 132 valence electrons. The molecule has 0 radical (unpaired) electrons. The molecule has 2 N–H and O–H groups in total. The molecule has 1 aliphatic heterocycles. The van der Waals surface area contributed by atoms with Crippen molar-refractivity contribution in [2.45, 2.75) is 26.2 Å². The molecule has 0 saturated carbocycles. The van der Waals surface area contributed by atoms with E-state index in [1.54, 1.807) is 26.4 Å². The van der Waals surface area contributed by atoms with Crippen LogP contribution in [0.25, 0.3) is 0 Å². The van der Waals surface area contributed by atoms with Crippen molar-refractivity contribution in [1.82, 2.24) is 15.2 Å². The van der Waals surface area contributed by atoms with Gasteiger partial charge in [0.1, 0.15) is 5.82 Å². The summed E-state index contributed by atoms with van der Waals surface area (Å²) < 4.78 is 0. The Balaban J connectivity index is 2.24. The molecule has 24 heavy (non-hydrogen) atoms. The van der Waals surface area contributed by atoms with Crippen molar-refractivity contribution in [2.75, 3.05) is 50.5 Å². The van der Waals surface area contributed by atoms with E-state index in [1.807, 2.05) is 6.92 Å². The first-order chi connectivity index (χ1) is 11.5. The predicted molar refractivity (Wildman–Crippen MR) is 95.5 cm³/mol. The molecule has 7 heteroatoms. The zero-order valence-corrected chi connectivity index (χ0v) is 14.8. The minimum absolute atomic E-state index is 0.0446. The number of carbonyl (C=O) groups is 2. The van der Waals surface area contributed by atoms with Crippen molar-refractivity contribution >= 4 is 23.3 Å². The van der Waals surface area contributed by atoms with Crippen LogP contribution in [0.3, 0.4) is 0 Å². The van der Waals surface area contributed by atoms with Crippen LogP contribution in [-0.2, 0) is 4.79 Å². The second-order valence-corrected chi connectivity index (χ2v) is 6.18. The maximum Gasteiger partial charge on any atom is 0.257 e. The number of piperazine rings is 1. The highest BCUT2D eigenvalue weighted by molar-refractivity contribution is 6.00. The number of anilines is 2. The fourth-order valence-corrected chi connectivity index (χ4v) is 2.61. The second kappa shape index (κ2) is 8.63. The Morgan fingerprint density at radius 2 is 2.04 bits per heavy atom. The summed E-state index contributed by atoms with van der Waals surface area (Å²) in [5, 5.41) is 6.13. The molecule has 0 aliphatic carbocycles. The molecule has 2 rings (SSSR count). The van der Waals surface area contributed by atoms with Gasteiger partial charge in [-0.2, -0.15) is 0 Å². The van der Waals surface area contributed by atoms with Gasteiger partial charge in [-0.05, 0) is 12.5 Å². The quantitative estimate of drug-likeness (QED) is 0.821. The summed E-state index contributed by atoms with van der Waals surface area (Å²) in [6.07, 6.45) is 3.93. The van der Waals surface area contributed by atoms with Crippen molar-refractivity contribution in [3.05, 3.63) is 17.8 Å². The number of nitrogens with zero attached hydrogens (tertiary/aromatic N) is 3. The highest BCUT2D eigenvalue weighted by Gasteiger charge is 2.22. The van der Waals surface area contributed by atoms with Crippen molar-refractivity contribution in [3.8, 4) is 0 Å². The second-order valence-electron chi connectivity index (χ2n) is 6.18. The van der Waals surface area contributed by atoms with E-state index in [0.29, 0.717) is 23.5 Å². The van der Waals surface area contributed by atoms with E-state index in [9.17, 15) is 9.59 Å². The fourth-order valence-electron chi connectivity index (χ4n) is 2.61. The number of carbonyl (C=O) groups excluding carboxylic acids is 2. The number of pyridine rings is 1. The molecule has 0 spiro atoms. The topological polar surface area (TPSA) is 77.6 Å². The number of hydrogen-bond donors (Lipinski definition) is 2. The molecule has 0 unspecified atom stereocenters. The van der Waals surface area contributed by atoms with Crippen LogP contribution in [0.2, 0.25) is 0 Å². The first kappa shape index (κ1) is 18.2. The highest BCUT2D eigenvalue weighted by atomic mass is 16.2. The molecule has 7 nitrogen and oxygen atoms in total. The Morgan fingerprint density at radius 1 is 1.33 bits per heavy atom. The maximum absolute atomic E-state index is 12.5. The van der Waals surface area contributed by atoms with Gasteiger partial charge in [0, 0.05) is 46.7 Å². The zero-order chi connectivity index (χ0) is 17.5. The van der Waals surface area contributed by atoms with Crippen LogP contribution in [0.5, 0.6) is 0 Å². The largest absolute Gasteiger partial charge is 0.353 e. The lowest BCUT2D eigenvalue weighted by molar-refractivity contribution is -0.116. The van der Waals surface area contributed by atoms with Gasteiger partial charge >= 0.3 is 0 Å². The highest BCUT2D eigenvalue weighted by Crippen LogP contribution is 2.23. The SMILES string of the molecule is CCCCC(=O)Nc1cnc(N2CCNCC2)c(C(=O)N(C)C)c1. The molecule has 2 heterocycles. The molecule has 1 aliphatic rings. The third kappa shape index (κ3) is 4.67. The van der Waals surface area contributed by atoms with E-state index in [0.717, 1.165) is 39.0 Å². The molecule has 1 aromatic rings. The Kier molecular flexibility index (Phi) is 6.54. The fraction of sp³-hybridized carbons (Fsp3) is 0.588. The van der Waals surface area contributed by atoms with E-state index in [1.165, 1.54) is 4.90 Å². The summed E-state index contributed by atoms with van der Waals surface area (Å²) in [6, 6.07) is 1.73. The average Bonchev–Trinajstić information content (AvgIpc) is 2.60. The predicted octanol–water partition coefficient (Wildman–Crippen LogP) is 1.32. The average molecular weight is 333 g/mol. The van der Waals surface area contributed by atoms with E-state index in [-0.39, 0.29) is 11.8 Å². The van der Waals surface area contributed by atoms with Crippen LogP contribution in [0.4, 0.5) is 11.5 Å². The van der Waals surface area contributed by atoms with Crippen LogP contribution in [-0.4, -0.2) is 62.0 Å². The van der Waals surface area contributed by atoms with Gasteiger partial charge < -0.3 is 20.4 Å². The summed E-state index contributed by atoms with van der Waals surface area (Å²) in [5.74, 6) is 0.527. The number of rotatable bonds is 6. The van der Waals surface area contributed by atoms with Gasteiger partial charge in [-0.1, -0.05) is 13.3 Å². The van der Waals surface area contributed by atoms with Gasteiger partial charge in [-0.25, -0.2) is 4.98 Å². The Morgan fingerprint density at radius 3 is 2.67 bits per heavy atom. The number of hydrogen-bond acceptors (Lipinski definition) is 5. The summed E-state index contributed by atoms with van der Waals surface area (Å²) in [6.45, 7) is 5.40. The summed E-state index contributed by atoms with van der Waals surface area (Å²) in [5.41, 5.74) is 1.09. The number of amides is 2. The maximum atomic E-state index is 12.5. The Labute approximate surface area is 143 Å². The molecular weight excluding hydrogens is 306 g/mol. The third-order valence-corrected chi connectivity index (χ3v) is 3.96. The van der Waals surface area contributed by atoms with Crippen LogP contribution in [0.15, 0.2) is 12.3 Å². The van der Waals surface area contributed by atoms with Gasteiger partial charge in [-0.3, -0.25) is 9.59 Å². The summed E-state index contributed by atoms with van der Waals surface area (Å²) in [7, 11) is 3.44. The van der Waals surface area contributed by atoms with Gasteiger partial charge in [0.25, 0.3) is 5.91 Å². The molecule has 0 bridgehead atoms. The first-order valence-electron chi connectivity index (χ1n) is 8.50. The Bertz CT molecular complexity index is 582. The Hall–Kier alpha value is -2.15. The lowest BCUT2D eigenvalue weighted by Crippen LogP contribution is -2.44. The molecule has 1 aromatic heterocycles. The van der Waals surface area contributed by atoms with Crippen LogP contribution in [0.1, 0.15) is 36.5 Å². The molecule has 0 aromatic carbocycles. The minimum atomic E-state index is -0.110. The molecule has 0 atom stereocenters. The number of unbranched alkanes of at least 4 members (excludes halogenated alkanes) is 1. The van der Waals surface area contributed by atoms with Crippen molar-refractivity contribution < 1.29 is 9.59 Å². The zero-order valence-electron chi connectivity index (χ0n) is 14.8. The molecule has 1 fully saturated rings. The van der Waals surface area contributed by atoms with E-state index in [2.05, 4.69) is 20.5 Å². The smallest absolute Gasteiger partial charge is 0.257 e. The lowest BCUT2D eigenvalue weighted by Gasteiger charge is -2.30. The van der Waals surface area contributed by atoms with Crippen molar-refractivity contribution in [1.29, 1.82) is 0 Å². The number of nitrogens with one attached hydrogen (secondary N) is 2. The van der Waals surface area contributed by atoms with Crippen LogP contribution < -0.4 is 15.5 Å². The van der Waals surface area contributed by atoms with Gasteiger partial charge in [0.15, 0.2) is 0 Å². The van der Waals surface area contributed by atoms with Gasteiger partial charge in [0.05, 0.1) is 17.4 Å². The third-order valence-electron chi connectivity index (χ3n) is 3.96. The monoisotopic (exact) mass is 333 g/mol. The van der Waals surface area contributed by atoms with Crippen molar-refractivity contribution in [2.24, 2.45) is 0 Å². The number of aromatic nitrogens is 1. The van der Waals surface area contributed by atoms with Crippen molar-refractivity contribution in [3.63, 3.8) is 0 Å². The minimum Gasteiger partial charge on any atom is -0.353 e. The molecule has 1 saturated heterocycles. The van der Waals surface area contributed by atoms with E-state index >= 15 is 0 Å². The van der Waals surface area contributed by atoms with Gasteiger partial charge in [-0.15, -0.1) is 0 Å². The molecule has 2 amide bonds. The lowest BCUT2D eigenvalue weighted by atomic mass is 10.1. The van der Waals surface area contributed by atoms with E-state index < -0.39 is 0 Å². The van der Waals surface area contributed by atoms with E-state index in [4.69, 9.17) is 0 Å². The first-order valence-corrected chi connectivity index (χ1v) is 8.50. The van der Waals surface area contributed by atoms with Crippen LogP contribution in [0, 0.1) is 0 Å².